The summed E-state index contributed by atoms with van der Waals surface area (Å²) in [7, 11) is 0. The van der Waals surface area contributed by atoms with E-state index in [9.17, 15) is 9.59 Å². The second-order valence-corrected chi connectivity index (χ2v) is 6.59. The van der Waals surface area contributed by atoms with E-state index >= 15 is 0 Å². The molecule has 21 heavy (non-hydrogen) atoms. The molecule has 0 bridgehead atoms. The molecule has 108 valence electrons. The van der Waals surface area contributed by atoms with Crippen LogP contribution in [-0.2, 0) is 0 Å². The van der Waals surface area contributed by atoms with E-state index in [-0.39, 0.29) is 11.3 Å². The fourth-order valence-electron chi connectivity index (χ4n) is 1.67. The number of carbonyl (C=O) groups is 2. The number of hydrogen-bond acceptors (Lipinski definition) is 2. The van der Waals surface area contributed by atoms with Crippen molar-refractivity contribution in [2.75, 3.05) is 5.32 Å². The molecule has 4 nitrogen and oxygen atoms in total. The second kappa shape index (κ2) is 6.76. The minimum atomic E-state index is -1.13. The summed E-state index contributed by atoms with van der Waals surface area (Å²) >= 11 is 11.2. The fraction of sp³-hybridized carbons (Fsp3) is 0. The Kier molecular flexibility index (Phi) is 5.23. The van der Waals surface area contributed by atoms with Gasteiger partial charge in [-0.05, 0) is 59.0 Å². The predicted molar refractivity (Wildman–Crippen MR) is 93.2 cm³/mol. The average molecular weight is 480 g/mol. The lowest BCUT2D eigenvalue weighted by molar-refractivity contribution is 0.0698. The molecule has 0 heterocycles. The summed E-state index contributed by atoms with van der Waals surface area (Å²) in [4.78, 5) is 23.5. The lowest BCUT2D eigenvalue weighted by Crippen LogP contribution is -2.16. The molecule has 0 saturated heterocycles. The number of carbonyl (C=O) groups excluding carboxylic acids is 1. The van der Waals surface area contributed by atoms with Crippen molar-refractivity contribution in [2.24, 2.45) is 0 Å². The van der Waals surface area contributed by atoms with Gasteiger partial charge >= 0.3 is 5.97 Å². The molecule has 2 aromatic rings. The zero-order valence-electron chi connectivity index (χ0n) is 10.4. The monoisotopic (exact) mass is 479 g/mol. The van der Waals surface area contributed by atoms with Crippen molar-refractivity contribution in [1.82, 2.24) is 0 Å². The van der Waals surface area contributed by atoms with Gasteiger partial charge in [-0.1, -0.05) is 27.5 Å². The minimum Gasteiger partial charge on any atom is -0.478 e. The number of hydrogen-bond donors (Lipinski definition) is 2. The molecule has 0 radical (unpaired) electrons. The van der Waals surface area contributed by atoms with E-state index in [0.717, 1.165) is 8.04 Å². The van der Waals surface area contributed by atoms with Crippen LogP contribution in [0.4, 0.5) is 5.69 Å². The Bertz CT molecular complexity index is 736. The molecule has 2 aromatic carbocycles. The summed E-state index contributed by atoms with van der Waals surface area (Å²) in [5.74, 6) is -1.53. The molecular weight excluding hydrogens is 472 g/mol. The van der Waals surface area contributed by atoms with Crippen molar-refractivity contribution in [3.05, 3.63) is 60.6 Å². The van der Waals surface area contributed by atoms with Crippen LogP contribution in [0.5, 0.6) is 0 Å². The van der Waals surface area contributed by atoms with Gasteiger partial charge in [-0.25, -0.2) is 4.79 Å². The van der Waals surface area contributed by atoms with E-state index in [0.29, 0.717) is 10.6 Å². The maximum Gasteiger partial charge on any atom is 0.337 e. The molecule has 0 aromatic heterocycles. The maximum atomic E-state index is 12.3. The number of aromatic carboxylic acids is 1. The third-order valence-corrected chi connectivity index (χ3v) is 4.30. The third kappa shape index (κ3) is 3.96. The molecule has 0 saturated carbocycles. The van der Waals surface area contributed by atoms with Crippen molar-refractivity contribution in [2.45, 2.75) is 0 Å². The van der Waals surface area contributed by atoms with Crippen LogP contribution in [0, 0.1) is 3.57 Å². The van der Waals surface area contributed by atoms with E-state index in [2.05, 4.69) is 21.2 Å². The van der Waals surface area contributed by atoms with Crippen LogP contribution in [0.15, 0.2) is 40.9 Å². The molecule has 2 N–H and O–H groups in total. The Morgan fingerprint density at radius 3 is 2.52 bits per heavy atom. The number of carboxylic acid groups (broad SMARTS) is 1. The standard InChI is InChI=1S/C14H8BrClINO3/c15-7-1-4-11(17)10(5-7)13(19)18-12-6-8(16)2-3-9(12)14(20)21/h1-6H,(H,18,19)(H,20,21). The van der Waals surface area contributed by atoms with Crippen LogP contribution in [0.3, 0.4) is 0 Å². The number of rotatable bonds is 3. The smallest absolute Gasteiger partial charge is 0.337 e. The predicted octanol–water partition coefficient (Wildman–Crippen LogP) is 4.66. The zero-order chi connectivity index (χ0) is 15.6. The molecule has 0 spiro atoms. The summed E-state index contributed by atoms with van der Waals surface area (Å²) in [6.45, 7) is 0. The van der Waals surface area contributed by atoms with E-state index in [1.807, 2.05) is 28.7 Å². The largest absolute Gasteiger partial charge is 0.478 e. The Balaban J connectivity index is 2.38. The van der Waals surface area contributed by atoms with Crippen LogP contribution in [0.25, 0.3) is 0 Å². The molecule has 1 amide bonds. The first-order chi connectivity index (χ1) is 9.88. The third-order valence-electron chi connectivity index (χ3n) is 2.63. The van der Waals surface area contributed by atoms with E-state index in [1.165, 1.54) is 18.2 Å². The van der Waals surface area contributed by atoms with Gasteiger partial charge in [0.25, 0.3) is 5.91 Å². The van der Waals surface area contributed by atoms with Crippen molar-refractivity contribution >= 4 is 67.7 Å². The molecule has 0 aliphatic carbocycles. The summed E-state index contributed by atoms with van der Waals surface area (Å²) < 4.78 is 1.52. The maximum absolute atomic E-state index is 12.3. The number of carboxylic acids is 1. The Morgan fingerprint density at radius 2 is 1.86 bits per heavy atom. The van der Waals surface area contributed by atoms with Crippen molar-refractivity contribution in [1.29, 1.82) is 0 Å². The molecule has 0 unspecified atom stereocenters. The molecular formula is C14H8BrClINO3. The normalized spacial score (nSPS) is 10.2. The van der Waals surface area contributed by atoms with Crippen LogP contribution in [0.2, 0.25) is 5.02 Å². The van der Waals surface area contributed by atoms with Crippen LogP contribution in [0.1, 0.15) is 20.7 Å². The molecule has 7 heteroatoms. The van der Waals surface area contributed by atoms with Gasteiger partial charge in [0.1, 0.15) is 0 Å². The van der Waals surface area contributed by atoms with Crippen LogP contribution < -0.4 is 5.32 Å². The molecule has 2 rings (SSSR count). The molecule has 0 aliphatic rings. The number of benzene rings is 2. The summed E-state index contributed by atoms with van der Waals surface area (Å²) in [6.07, 6.45) is 0. The van der Waals surface area contributed by atoms with Gasteiger partial charge in [0.2, 0.25) is 0 Å². The molecule has 0 fully saturated rings. The molecule has 0 aliphatic heterocycles. The number of anilines is 1. The second-order valence-electron chi connectivity index (χ2n) is 4.07. The van der Waals surface area contributed by atoms with Crippen LogP contribution >= 0.6 is 50.1 Å². The topological polar surface area (TPSA) is 66.4 Å². The summed E-state index contributed by atoms with van der Waals surface area (Å²) in [5.41, 5.74) is 0.592. The van der Waals surface area contributed by atoms with Gasteiger partial charge in [-0.15, -0.1) is 0 Å². The SMILES string of the molecule is O=C(Nc1cc(Cl)ccc1C(=O)O)c1cc(Br)ccc1I. The molecule has 0 atom stereocenters. The first-order valence-electron chi connectivity index (χ1n) is 5.67. The quantitative estimate of drug-likeness (QED) is 0.629. The highest BCUT2D eigenvalue weighted by Crippen LogP contribution is 2.24. The van der Waals surface area contributed by atoms with Crippen molar-refractivity contribution < 1.29 is 14.7 Å². The van der Waals surface area contributed by atoms with Crippen molar-refractivity contribution in [3.63, 3.8) is 0 Å². The highest BCUT2D eigenvalue weighted by molar-refractivity contribution is 14.1. The average Bonchev–Trinajstić information content (AvgIpc) is 2.41. The minimum absolute atomic E-state index is 0.0160. The van der Waals surface area contributed by atoms with Gasteiger partial charge in [-0.2, -0.15) is 0 Å². The summed E-state index contributed by atoms with van der Waals surface area (Å²) in [5, 5.41) is 12.1. The zero-order valence-corrected chi connectivity index (χ0v) is 14.9. The first kappa shape index (κ1) is 16.3. The fourth-order valence-corrected chi connectivity index (χ4v) is 2.78. The van der Waals surface area contributed by atoms with Gasteiger partial charge in [0.05, 0.1) is 16.8 Å². The van der Waals surface area contributed by atoms with Gasteiger partial charge in [0.15, 0.2) is 0 Å². The Labute approximate surface area is 147 Å². The highest BCUT2D eigenvalue weighted by Gasteiger charge is 2.16. The number of amides is 1. The number of nitrogens with one attached hydrogen (secondary N) is 1. The van der Waals surface area contributed by atoms with E-state index in [1.54, 1.807) is 12.1 Å². The van der Waals surface area contributed by atoms with Crippen molar-refractivity contribution in [3.8, 4) is 0 Å². The summed E-state index contributed by atoms with van der Waals surface area (Å²) in [6, 6.07) is 9.50. The first-order valence-corrected chi connectivity index (χ1v) is 7.92. The lowest BCUT2D eigenvalue weighted by atomic mass is 10.1. The highest BCUT2D eigenvalue weighted by atomic mass is 127. The van der Waals surface area contributed by atoms with Gasteiger partial charge in [0, 0.05) is 13.1 Å². The number of halogens is 3. The van der Waals surface area contributed by atoms with Gasteiger partial charge < -0.3 is 10.4 Å². The Morgan fingerprint density at radius 1 is 1.14 bits per heavy atom. The van der Waals surface area contributed by atoms with Gasteiger partial charge in [-0.3, -0.25) is 4.79 Å². The Hall–Kier alpha value is -1.12. The lowest BCUT2D eigenvalue weighted by Gasteiger charge is -2.10. The van der Waals surface area contributed by atoms with Crippen LogP contribution in [-0.4, -0.2) is 17.0 Å². The van der Waals surface area contributed by atoms with E-state index < -0.39 is 11.9 Å². The van der Waals surface area contributed by atoms with E-state index in [4.69, 9.17) is 16.7 Å².